The van der Waals surface area contributed by atoms with Gasteiger partial charge in [0.15, 0.2) is 0 Å². The first-order valence-electron chi connectivity index (χ1n) is 29.7. The first-order valence-corrected chi connectivity index (χ1v) is 29.7. The van der Waals surface area contributed by atoms with E-state index in [1.807, 2.05) is 50.2 Å². The second-order valence-corrected chi connectivity index (χ2v) is 22.8. The number of anilines is 5. The number of amides is 11. The van der Waals surface area contributed by atoms with Crippen molar-refractivity contribution in [3.05, 3.63) is 108 Å². The van der Waals surface area contributed by atoms with Crippen molar-refractivity contribution in [1.82, 2.24) is 36.5 Å². The number of likely N-dealkylation sites (N-methyl/N-ethyl adjacent to an activating group) is 1. The molecule has 26 heteroatoms. The molecule has 4 atom stereocenters. The molecule has 3 aliphatic rings. The number of alkyl carbamates (subject to hydrolysis) is 1. The van der Waals surface area contributed by atoms with Gasteiger partial charge in [-0.2, -0.15) is 5.06 Å². The lowest BCUT2D eigenvalue weighted by molar-refractivity contribution is -0.253. The summed E-state index contributed by atoms with van der Waals surface area (Å²) in [7, 11) is 1.91. The Morgan fingerprint density at radius 1 is 0.773 bits per heavy atom. The number of urea groups is 2. The molecule has 11 amide bonds. The minimum atomic E-state index is -1.44. The standard InChI is InChI=1S/C62H83N13O13/c1-8-53(77)74-40(2)37-51(48-13-9-10-15-50(48)74)75(46-24-20-43(21-25-46)68-52(76)38-67-58(82)70-45-22-26-47(27-23-45)85-36-35-73-34-33-72(7)88-41(73)3)60(84)86-39-42-16-18-44(19-17-42)69-54(78)49(14-11-30-65-57(63)81)71-56(80)62(28-12-29-62)55(79)64-31-32-66-59(83)87-61(4,5)6/h9-10,13,15-27,40-41,49,51H,8,11-12,14,28-39H2,1-7H3,(H,64,79)(H,66,83)(H,68,76)(H,69,78)(H,71,80)(H3,63,65,81)(H2,67,70,82)/t40-,41+,49-,51+/m0/s1. The highest BCUT2D eigenvalue weighted by atomic mass is 16.7. The number of rotatable bonds is 25. The number of benzene rings is 4. The van der Waals surface area contributed by atoms with E-state index in [0.29, 0.717) is 65.7 Å². The van der Waals surface area contributed by atoms with E-state index in [9.17, 15) is 43.2 Å². The van der Waals surface area contributed by atoms with E-state index in [1.54, 1.807) is 105 Å². The highest BCUT2D eigenvalue weighted by molar-refractivity contribution is 6.08. The van der Waals surface area contributed by atoms with E-state index < -0.39 is 71.0 Å². The van der Waals surface area contributed by atoms with Crippen LogP contribution in [0.25, 0.3) is 0 Å². The Hall–Kier alpha value is -9.01. The van der Waals surface area contributed by atoms with Crippen LogP contribution in [0.3, 0.4) is 0 Å². The Morgan fingerprint density at radius 2 is 1.43 bits per heavy atom. The zero-order valence-electron chi connectivity index (χ0n) is 51.0. The molecule has 0 spiro atoms. The summed E-state index contributed by atoms with van der Waals surface area (Å²) in [5.74, 6) is -1.70. The second-order valence-electron chi connectivity index (χ2n) is 22.8. The van der Waals surface area contributed by atoms with Crippen LogP contribution in [0.15, 0.2) is 97.1 Å². The Morgan fingerprint density at radius 3 is 2.09 bits per heavy atom. The summed E-state index contributed by atoms with van der Waals surface area (Å²) in [6.45, 7) is 13.4. The van der Waals surface area contributed by atoms with Crippen molar-refractivity contribution in [1.29, 1.82) is 0 Å². The third-order valence-corrected chi connectivity index (χ3v) is 15.1. The molecule has 4 aromatic rings. The molecule has 2 heterocycles. The molecule has 88 heavy (non-hydrogen) atoms. The summed E-state index contributed by atoms with van der Waals surface area (Å²) in [6.07, 6.45) is 0.650. The molecule has 1 aliphatic carbocycles. The number of carbonyl (C=O) groups is 9. The quantitative estimate of drug-likeness (QED) is 0.0254. The van der Waals surface area contributed by atoms with Crippen LogP contribution in [-0.2, 0) is 44.9 Å². The van der Waals surface area contributed by atoms with Crippen LogP contribution in [0.1, 0.15) is 104 Å². The maximum Gasteiger partial charge on any atom is 0.415 e. The molecule has 4 aromatic carbocycles. The molecule has 7 rings (SSSR count). The van der Waals surface area contributed by atoms with E-state index in [4.69, 9.17) is 24.8 Å². The van der Waals surface area contributed by atoms with E-state index in [1.165, 1.54) is 4.90 Å². The molecule has 10 N–H and O–H groups in total. The lowest BCUT2D eigenvalue weighted by Gasteiger charge is -2.43. The average molecular weight is 1220 g/mol. The van der Waals surface area contributed by atoms with Gasteiger partial charge in [0.25, 0.3) is 0 Å². The predicted molar refractivity (Wildman–Crippen MR) is 330 cm³/mol. The molecule has 26 nitrogen and oxygen atoms in total. The van der Waals surface area contributed by atoms with Gasteiger partial charge < -0.3 is 67.4 Å². The number of carbonyl (C=O) groups excluding carboxylic acids is 9. The van der Waals surface area contributed by atoms with Crippen LogP contribution in [0, 0.1) is 5.41 Å². The van der Waals surface area contributed by atoms with Crippen molar-refractivity contribution in [2.75, 3.05) is 85.2 Å². The largest absolute Gasteiger partial charge is 0.492 e. The number of primary amides is 1. The van der Waals surface area contributed by atoms with E-state index >= 15 is 0 Å². The number of para-hydroxylation sites is 1. The minimum Gasteiger partial charge on any atom is -0.492 e. The maximum atomic E-state index is 14.6. The monoisotopic (exact) mass is 1220 g/mol. The molecule has 0 radical (unpaired) electrons. The average Bonchev–Trinajstić information content (AvgIpc) is 0.937. The molecule has 0 bridgehead atoms. The zero-order valence-corrected chi connectivity index (χ0v) is 51.0. The van der Waals surface area contributed by atoms with Crippen molar-refractivity contribution in [2.45, 2.75) is 123 Å². The first-order chi connectivity index (χ1) is 42.0. The van der Waals surface area contributed by atoms with Gasteiger partial charge in [-0.15, -0.1) is 0 Å². The molecular weight excluding hydrogens is 1130 g/mol. The molecule has 0 aromatic heterocycles. The van der Waals surface area contributed by atoms with Gasteiger partial charge in [0.2, 0.25) is 29.5 Å². The number of hydroxylamine groups is 2. The third kappa shape index (κ3) is 18.7. The minimum absolute atomic E-state index is 0.0319. The normalized spacial score (nSPS) is 17.4. The van der Waals surface area contributed by atoms with Crippen molar-refractivity contribution in [2.24, 2.45) is 11.1 Å². The number of nitrogens with zero attached hydrogens (tertiary/aromatic N) is 4. The van der Waals surface area contributed by atoms with Gasteiger partial charge in [-0.1, -0.05) is 43.7 Å². The van der Waals surface area contributed by atoms with E-state index in [2.05, 4.69) is 47.4 Å². The van der Waals surface area contributed by atoms with Crippen LogP contribution in [0.5, 0.6) is 5.75 Å². The number of fused-ring (bicyclic) bond motifs is 1. The molecule has 0 unspecified atom stereocenters. The van der Waals surface area contributed by atoms with Crippen LogP contribution < -0.4 is 62.8 Å². The Balaban J connectivity index is 0.963. The van der Waals surface area contributed by atoms with Gasteiger partial charge in [0.1, 0.15) is 42.2 Å². The number of nitrogens with one attached hydrogen (secondary N) is 8. The van der Waals surface area contributed by atoms with Crippen LogP contribution in [0.2, 0.25) is 0 Å². The summed E-state index contributed by atoms with van der Waals surface area (Å²) in [5, 5.41) is 23.2. The fourth-order valence-corrected chi connectivity index (χ4v) is 10.4. The molecule has 1 saturated carbocycles. The SMILES string of the molecule is CCC(=O)N1c2ccccc2[C@H](N(C(=O)OCc2ccc(NC(=O)[C@H](CCCNC(N)=O)NC(=O)C3(C(=O)NCCNC(=O)OC(C)(C)C)CCC3)cc2)c2ccc(NC(=O)CNC(=O)Nc3ccc(OCCN4CCN(C)O[C@@H]4C)cc3)cc2)C[C@@H]1C. The van der Waals surface area contributed by atoms with Gasteiger partial charge in [-0.25, -0.2) is 19.2 Å². The number of hydrogen-bond acceptors (Lipinski definition) is 15. The first kappa shape index (κ1) is 66.5. The van der Waals surface area contributed by atoms with Crippen molar-refractivity contribution in [3.63, 3.8) is 0 Å². The molecule has 474 valence electrons. The second kappa shape index (κ2) is 31.1. The summed E-state index contributed by atoms with van der Waals surface area (Å²) in [5.41, 5.74) is 6.73. The Labute approximate surface area is 512 Å². The summed E-state index contributed by atoms with van der Waals surface area (Å²) in [6, 6.07) is 24.0. The molecule has 2 aliphatic heterocycles. The van der Waals surface area contributed by atoms with Crippen molar-refractivity contribution >= 4 is 82.2 Å². The van der Waals surface area contributed by atoms with Gasteiger partial charge >= 0.3 is 24.2 Å². The van der Waals surface area contributed by atoms with Crippen LogP contribution in [-0.4, -0.2) is 147 Å². The highest BCUT2D eigenvalue weighted by Crippen LogP contribution is 2.44. The number of hydrogen-bond donors (Lipinski definition) is 9. The van der Waals surface area contributed by atoms with E-state index in [-0.39, 0.29) is 83.1 Å². The zero-order chi connectivity index (χ0) is 63.5. The summed E-state index contributed by atoms with van der Waals surface area (Å²) in [4.78, 5) is 130. The Bertz CT molecular complexity index is 3080. The predicted octanol–water partition coefficient (Wildman–Crippen LogP) is 6.45. The van der Waals surface area contributed by atoms with Crippen molar-refractivity contribution < 1.29 is 62.2 Å². The summed E-state index contributed by atoms with van der Waals surface area (Å²) < 4.78 is 17.2. The van der Waals surface area contributed by atoms with Gasteiger partial charge in [0.05, 0.1) is 12.6 Å². The van der Waals surface area contributed by atoms with Gasteiger partial charge in [-0.3, -0.25) is 38.6 Å². The number of nitrogens with two attached hydrogens (primary N) is 1. The number of ether oxygens (including phenoxy) is 3. The van der Waals surface area contributed by atoms with Gasteiger partial charge in [-0.05, 0) is 145 Å². The lowest BCUT2D eigenvalue weighted by atomic mass is 9.67. The topological polar surface area (TPSA) is 326 Å². The lowest BCUT2D eigenvalue weighted by Crippen LogP contribution is -2.59. The fourth-order valence-electron chi connectivity index (χ4n) is 10.4. The van der Waals surface area contributed by atoms with Gasteiger partial charge in [0, 0.05) is 87.2 Å². The van der Waals surface area contributed by atoms with Crippen LogP contribution in [0.4, 0.5) is 47.6 Å². The fraction of sp³-hybridized carbons (Fsp3) is 0.468. The maximum absolute atomic E-state index is 14.6. The van der Waals surface area contributed by atoms with Crippen LogP contribution >= 0.6 is 0 Å². The molecule has 2 fully saturated rings. The van der Waals surface area contributed by atoms with Crippen molar-refractivity contribution in [3.8, 4) is 5.75 Å². The molecule has 1 saturated heterocycles. The third-order valence-electron chi connectivity index (χ3n) is 15.1. The smallest absolute Gasteiger partial charge is 0.415 e. The summed E-state index contributed by atoms with van der Waals surface area (Å²) >= 11 is 0. The highest BCUT2D eigenvalue weighted by Gasteiger charge is 2.51. The molecular formula is C62H83N13O13. The Kier molecular flexibility index (Phi) is 23.5. The van der Waals surface area contributed by atoms with E-state index in [0.717, 1.165) is 18.7 Å².